The Labute approximate surface area is 357 Å². The van der Waals surface area contributed by atoms with Crippen LogP contribution in [0.25, 0.3) is 22.2 Å². The van der Waals surface area contributed by atoms with Crippen LogP contribution in [0.5, 0.6) is 0 Å². The average molecular weight is 864 g/mol. The van der Waals surface area contributed by atoms with Crippen molar-refractivity contribution in [3.63, 3.8) is 0 Å². The molecule has 3 aliphatic rings. The van der Waals surface area contributed by atoms with E-state index in [1.807, 2.05) is 17.9 Å². The first-order valence-corrected chi connectivity index (χ1v) is 22.4. The predicted molar refractivity (Wildman–Crippen MR) is 228 cm³/mol. The van der Waals surface area contributed by atoms with Gasteiger partial charge in [-0.1, -0.05) is 37.3 Å². The number of fused-ring (bicyclic) bond motifs is 1. The van der Waals surface area contributed by atoms with Gasteiger partial charge in [-0.05, 0) is 77.0 Å². The maximum absolute atomic E-state index is 13.3. The van der Waals surface area contributed by atoms with Gasteiger partial charge in [0.05, 0.1) is 45.4 Å². The summed E-state index contributed by atoms with van der Waals surface area (Å²) in [5, 5.41) is 28.6. The Morgan fingerprint density at radius 2 is 1.73 bits per heavy atom. The number of imide groups is 1. The second-order valence-electron chi connectivity index (χ2n) is 16.2. The van der Waals surface area contributed by atoms with Crippen LogP contribution in [0, 0.1) is 12.8 Å². The molecule has 5 amide bonds. The SMILES string of the molecule is Cc1nc2c(CNC(=O)NCCCCCCCCN(C(=O)O)[C@H]3CC[C@H](Nc4ncc(Cl)c(-c5cnn(C)c5CC5CC5)n4)CC3)scc2c(=O)n1C1CCC(=O)NC1=O. The molecule has 0 aromatic carbocycles. The summed E-state index contributed by atoms with van der Waals surface area (Å²) < 4.78 is 3.26. The van der Waals surface area contributed by atoms with Crippen molar-refractivity contribution >= 4 is 63.7 Å². The molecule has 1 unspecified atom stereocenters. The topological polar surface area (TPSA) is 218 Å². The van der Waals surface area contributed by atoms with Crippen molar-refractivity contribution < 1.29 is 24.3 Å². The largest absolute Gasteiger partial charge is 0.465 e. The number of thiophene rings is 1. The van der Waals surface area contributed by atoms with Gasteiger partial charge >= 0.3 is 12.1 Å². The molecule has 0 spiro atoms. The number of aryl methyl sites for hydroxylation is 2. The molecule has 2 aliphatic carbocycles. The van der Waals surface area contributed by atoms with Gasteiger partial charge in [-0.3, -0.25) is 28.9 Å². The summed E-state index contributed by atoms with van der Waals surface area (Å²) in [6.07, 6.45) is 15.1. The highest BCUT2D eigenvalue weighted by Crippen LogP contribution is 2.37. The van der Waals surface area contributed by atoms with Gasteiger partial charge in [-0.15, -0.1) is 11.3 Å². The third kappa shape index (κ3) is 10.4. The first-order valence-electron chi connectivity index (χ1n) is 21.1. The van der Waals surface area contributed by atoms with E-state index in [0.717, 1.165) is 86.8 Å². The Hall–Kier alpha value is -5.10. The van der Waals surface area contributed by atoms with Gasteiger partial charge in [0, 0.05) is 55.3 Å². The quantitative estimate of drug-likeness (QED) is 0.0570. The van der Waals surface area contributed by atoms with Gasteiger partial charge in [0.15, 0.2) is 0 Å². The predicted octanol–water partition coefficient (Wildman–Crippen LogP) is 6.08. The summed E-state index contributed by atoms with van der Waals surface area (Å²) in [5.41, 5.74) is 2.92. The minimum atomic E-state index is -0.869. The molecule has 5 heterocycles. The molecule has 1 atom stereocenters. The Morgan fingerprint density at radius 3 is 2.47 bits per heavy atom. The number of carboxylic acid groups (broad SMARTS) is 1. The van der Waals surface area contributed by atoms with Crippen LogP contribution in [0.1, 0.15) is 112 Å². The van der Waals surface area contributed by atoms with Crippen LogP contribution in [0.15, 0.2) is 22.6 Å². The van der Waals surface area contributed by atoms with E-state index in [-0.39, 0.29) is 49.0 Å². The first-order chi connectivity index (χ1) is 29.0. The molecule has 0 radical (unpaired) electrons. The highest BCUT2D eigenvalue weighted by molar-refractivity contribution is 7.11. The number of piperidine rings is 1. The number of anilines is 1. The molecule has 19 heteroatoms. The van der Waals surface area contributed by atoms with E-state index in [1.54, 1.807) is 23.4 Å². The number of carbonyl (C=O) groups excluding carboxylic acids is 3. The van der Waals surface area contributed by atoms with E-state index in [0.29, 0.717) is 52.4 Å². The molecule has 0 bridgehead atoms. The van der Waals surface area contributed by atoms with Crippen LogP contribution < -0.4 is 26.8 Å². The minimum Gasteiger partial charge on any atom is -0.465 e. The number of hydrogen-bond acceptors (Lipinski definition) is 11. The Morgan fingerprint density at radius 1 is 0.983 bits per heavy atom. The molecule has 1 aliphatic heterocycles. The molecular formula is C41H54ClN11O6S. The lowest BCUT2D eigenvalue weighted by atomic mass is 9.90. The number of carbonyl (C=O) groups is 4. The van der Waals surface area contributed by atoms with Crippen LogP contribution in [0.3, 0.4) is 0 Å². The maximum Gasteiger partial charge on any atom is 0.407 e. The zero-order valence-electron chi connectivity index (χ0n) is 34.2. The molecular weight excluding hydrogens is 810 g/mol. The molecule has 322 valence electrons. The van der Waals surface area contributed by atoms with E-state index in [4.69, 9.17) is 16.6 Å². The van der Waals surface area contributed by atoms with Gasteiger partial charge in [0.25, 0.3) is 5.56 Å². The number of hydrogen-bond donors (Lipinski definition) is 5. The van der Waals surface area contributed by atoms with Crippen molar-refractivity contribution in [1.29, 1.82) is 0 Å². The second-order valence-corrected chi connectivity index (χ2v) is 17.6. The highest BCUT2D eigenvalue weighted by Gasteiger charge is 2.32. The number of halogens is 1. The van der Waals surface area contributed by atoms with Gasteiger partial charge in [0.2, 0.25) is 17.8 Å². The van der Waals surface area contributed by atoms with Crippen molar-refractivity contribution in [2.24, 2.45) is 13.0 Å². The Bertz CT molecular complexity index is 2260. The lowest BCUT2D eigenvalue weighted by Gasteiger charge is -2.35. The number of aromatic nitrogens is 6. The van der Waals surface area contributed by atoms with Crippen LogP contribution >= 0.6 is 22.9 Å². The lowest BCUT2D eigenvalue weighted by Crippen LogP contribution is -2.45. The summed E-state index contributed by atoms with van der Waals surface area (Å²) in [6.45, 7) is 2.90. The van der Waals surface area contributed by atoms with E-state index < -0.39 is 18.0 Å². The van der Waals surface area contributed by atoms with E-state index in [9.17, 15) is 29.1 Å². The number of urea groups is 1. The van der Waals surface area contributed by atoms with Gasteiger partial charge in [-0.25, -0.2) is 24.5 Å². The molecule has 60 heavy (non-hydrogen) atoms. The zero-order chi connectivity index (χ0) is 42.3. The monoisotopic (exact) mass is 863 g/mol. The maximum atomic E-state index is 13.3. The minimum absolute atomic E-state index is 0.0141. The van der Waals surface area contributed by atoms with Crippen LogP contribution in [0.4, 0.5) is 15.5 Å². The average Bonchev–Trinajstić information content (AvgIpc) is 3.85. The molecule has 4 aromatic heterocycles. The number of unbranched alkanes of at least 4 members (excludes halogenated alkanes) is 5. The van der Waals surface area contributed by atoms with Crippen molar-refractivity contribution in [2.75, 3.05) is 18.4 Å². The third-order valence-electron chi connectivity index (χ3n) is 11.9. The van der Waals surface area contributed by atoms with Gasteiger partial charge in [-0.2, -0.15) is 5.10 Å². The lowest BCUT2D eigenvalue weighted by molar-refractivity contribution is -0.135. The number of nitrogens with zero attached hydrogens (tertiary/aromatic N) is 7. The Kier molecular flexibility index (Phi) is 14.0. The molecule has 5 N–H and O–H groups in total. The van der Waals surface area contributed by atoms with Crippen molar-refractivity contribution in [3.8, 4) is 11.3 Å². The molecule has 4 aromatic rings. The van der Waals surface area contributed by atoms with Gasteiger partial charge in [0.1, 0.15) is 11.9 Å². The summed E-state index contributed by atoms with van der Waals surface area (Å²) in [7, 11) is 1.95. The van der Waals surface area contributed by atoms with Crippen LogP contribution in [0.2, 0.25) is 5.02 Å². The van der Waals surface area contributed by atoms with E-state index >= 15 is 0 Å². The fourth-order valence-electron chi connectivity index (χ4n) is 8.39. The molecule has 2 saturated carbocycles. The molecule has 17 nitrogen and oxygen atoms in total. The van der Waals surface area contributed by atoms with E-state index in [1.165, 1.54) is 28.7 Å². The molecule has 7 rings (SSSR count). The summed E-state index contributed by atoms with van der Waals surface area (Å²) in [5.74, 6) is 0.733. The number of nitrogens with one attached hydrogen (secondary N) is 4. The van der Waals surface area contributed by atoms with E-state index in [2.05, 4.69) is 36.3 Å². The van der Waals surface area contributed by atoms with Crippen LogP contribution in [-0.4, -0.2) is 88.4 Å². The fourth-order valence-corrected chi connectivity index (χ4v) is 9.48. The van der Waals surface area contributed by atoms with Crippen molar-refractivity contribution in [1.82, 2.24) is 50.1 Å². The number of rotatable bonds is 18. The smallest absolute Gasteiger partial charge is 0.407 e. The third-order valence-corrected chi connectivity index (χ3v) is 13.2. The van der Waals surface area contributed by atoms with Crippen molar-refractivity contribution in [3.05, 3.63) is 49.5 Å². The number of amides is 5. The van der Waals surface area contributed by atoms with Crippen molar-refractivity contribution in [2.45, 2.75) is 128 Å². The summed E-state index contributed by atoms with van der Waals surface area (Å²) >= 11 is 7.89. The van der Waals surface area contributed by atoms with Gasteiger partial charge < -0.3 is 26.0 Å². The second kappa shape index (κ2) is 19.5. The highest BCUT2D eigenvalue weighted by atomic mass is 35.5. The first kappa shape index (κ1) is 43.0. The normalized spacial score (nSPS) is 19.3. The summed E-state index contributed by atoms with van der Waals surface area (Å²) in [6, 6.07) is -0.969. The molecule has 1 saturated heterocycles. The standard InChI is InChI=1S/C41H54ClN11O6S/c1-24-47-36-29(38(56)53(24)31-15-16-34(54)49-37(31)55)23-60-33(36)22-45-40(57)43-17-7-5-3-4-6-8-18-52(41(58)59)27-13-11-26(12-14-27)48-39-44-21-30(42)35(50-39)28-20-46-51(2)32(28)19-25-9-10-25/h20-21,23,25-27,31H,3-19,22H2,1-2H3,(H,58,59)(H2,43,45,57)(H,44,48,50)(H,49,54,55)/t26-,27-,31?. The Balaban J connectivity index is 0.767. The fraction of sp³-hybridized carbons (Fsp3) is 0.585. The summed E-state index contributed by atoms with van der Waals surface area (Å²) in [4.78, 5) is 78.3. The van der Waals surface area contributed by atoms with Crippen LogP contribution in [-0.2, 0) is 29.6 Å². The zero-order valence-corrected chi connectivity index (χ0v) is 35.7. The molecule has 3 fully saturated rings.